The van der Waals surface area contributed by atoms with Crippen LogP contribution in [0.1, 0.15) is 44.7 Å². The SMILES string of the molecule is C[C@H](c1ccccc1)N1C[C@H]2CCC[C@@]2(C)C1=O. The Morgan fingerprint density at radius 2 is 2.06 bits per heavy atom. The average Bonchev–Trinajstić information content (AvgIpc) is 2.87. The molecule has 1 amide bonds. The number of rotatable bonds is 2. The lowest BCUT2D eigenvalue weighted by atomic mass is 9.82. The summed E-state index contributed by atoms with van der Waals surface area (Å²) in [7, 11) is 0. The van der Waals surface area contributed by atoms with E-state index in [1.54, 1.807) is 0 Å². The lowest BCUT2D eigenvalue weighted by Gasteiger charge is -2.27. The number of carbonyl (C=O) groups is 1. The zero-order valence-electron chi connectivity index (χ0n) is 11.2. The maximum absolute atomic E-state index is 12.6. The molecule has 96 valence electrons. The number of likely N-dealkylation sites (tertiary alicyclic amines) is 1. The zero-order chi connectivity index (χ0) is 12.8. The molecule has 0 unspecified atom stereocenters. The van der Waals surface area contributed by atoms with Crippen molar-refractivity contribution in [2.24, 2.45) is 11.3 Å². The highest BCUT2D eigenvalue weighted by Crippen LogP contribution is 2.50. The van der Waals surface area contributed by atoms with Crippen molar-refractivity contribution in [2.75, 3.05) is 6.54 Å². The second kappa shape index (κ2) is 4.11. The Labute approximate surface area is 109 Å². The van der Waals surface area contributed by atoms with Crippen molar-refractivity contribution in [1.82, 2.24) is 4.90 Å². The Balaban J connectivity index is 1.85. The zero-order valence-corrected chi connectivity index (χ0v) is 11.2. The van der Waals surface area contributed by atoms with Gasteiger partial charge >= 0.3 is 0 Å². The van der Waals surface area contributed by atoms with Gasteiger partial charge in [0.05, 0.1) is 11.5 Å². The number of amides is 1. The third-order valence-electron chi connectivity index (χ3n) is 5.07. The molecule has 0 bridgehead atoms. The first kappa shape index (κ1) is 11.8. The van der Waals surface area contributed by atoms with Crippen LogP contribution < -0.4 is 0 Å². The summed E-state index contributed by atoms with van der Waals surface area (Å²) < 4.78 is 0. The van der Waals surface area contributed by atoms with Crippen LogP contribution in [0, 0.1) is 11.3 Å². The van der Waals surface area contributed by atoms with Gasteiger partial charge in [0.25, 0.3) is 0 Å². The molecule has 1 heterocycles. The van der Waals surface area contributed by atoms with E-state index in [0.29, 0.717) is 11.8 Å². The minimum Gasteiger partial charge on any atom is -0.335 e. The van der Waals surface area contributed by atoms with Crippen LogP contribution in [0.3, 0.4) is 0 Å². The van der Waals surface area contributed by atoms with E-state index >= 15 is 0 Å². The monoisotopic (exact) mass is 243 g/mol. The standard InChI is InChI=1S/C16H21NO/c1-12(13-7-4-3-5-8-13)17-11-14-9-6-10-16(14,2)15(17)18/h3-5,7-8,12,14H,6,9-11H2,1-2H3/t12-,14-,16-/m1/s1. The second-order valence-corrected chi connectivity index (χ2v) is 6.05. The minimum atomic E-state index is -0.0664. The quantitative estimate of drug-likeness (QED) is 0.779. The third kappa shape index (κ3) is 1.58. The van der Waals surface area contributed by atoms with E-state index < -0.39 is 0 Å². The normalized spacial score (nSPS) is 32.7. The Bertz CT molecular complexity index is 455. The van der Waals surface area contributed by atoms with Crippen molar-refractivity contribution in [3.05, 3.63) is 35.9 Å². The highest BCUT2D eigenvalue weighted by atomic mass is 16.2. The number of carbonyl (C=O) groups excluding carboxylic acids is 1. The summed E-state index contributed by atoms with van der Waals surface area (Å²) in [5, 5.41) is 0. The van der Waals surface area contributed by atoms with E-state index in [4.69, 9.17) is 0 Å². The number of hydrogen-bond donors (Lipinski definition) is 0. The number of nitrogens with zero attached hydrogens (tertiary/aromatic N) is 1. The van der Waals surface area contributed by atoms with Crippen molar-refractivity contribution in [3.8, 4) is 0 Å². The molecule has 0 radical (unpaired) electrons. The van der Waals surface area contributed by atoms with Gasteiger partial charge in [0.15, 0.2) is 0 Å². The predicted octanol–water partition coefficient (Wildman–Crippen LogP) is 3.40. The largest absolute Gasteiger partial charge is 0.335 e. The third-order valence-corrected chi connectivity index (χ3v) is 5.07. The van der Waals surface area contributed by atoms with E-state index in [-0.39, 0.29) is 11.5 Å². The second-order valence-electron chi connectivity index (χ2n) is 6.05. The first-order chi connectivity index (χ1) is 8.63. The van der Waals surface area contributed by atoms with E-state index in [9.17, 15) is 4.79 Å². The molecule has 1 saturated heterocycles. The molecular weight excluding hydrogens is 222 g/mol. The molecule has 0 spiro atoms. The maximum atomic E-state index is 12.6. The van der Waals surface area contributed by atoms with Gasteiger partial charge in [-0.05, 0) is 31.2 Å². The van der Waals surface area contributed by atoms with Crippen LogP contribution in [0.15, 0.2) is 30.3 Å². The predicted molar refractivity (Wildman–Crippen MR) is 72.0 cm³/mol. The van der Waals surface area contributed by atoms with Crippen LogP contribution in [-0.2, 0) is 4.79 Å². The van der Waals surface area contributed by atoms with Crippen molar-refractivity contribution in [2.45, 2.75) is 39.2 Å². The highest BCUT2D eigenvalue weighted by Gasteiger charge is 2.53. The molecule has 0 aromatic heterocycles. The molecule has 3 rings (SSSR count). The topological polar surface area (TPSA) is 20.3 Å². The van der Waals surface area contributed by atoms with Crippen LogP contribution in [-0.4, -0.2) is 17.4 Å². The molecule has 1 saturated carbocycles. The fourth-order valence-electron chi connectivity index (χ4n) is 3.71. The Morgan fingerprint density at radius 3 is 2.72 bits per heavy atom. The van der Waals surface area contributed by atoms with Gasteiger partial charge in [-0.25, -0.2) is 0 Å². The van der Waals surface area contributed by atoms with Gasteiger partial charge in [-0.15, -0.1) is 0 Å². The number of benzene rings is 1. The molecule has 3 atom stereocenters. The van der Waals surface area contributed by atoms with Gasteiger partial charge in [-0.1, -0.05) is 43.7 Å². The first-order valence-corrected chi connectivity index (χ1v) is 6.99. The summed E-state index contributed by atoms with van der Waals surface area (Å²) in [5.41, 5.74) is 1.18. The van der Waals surface area contributed by atoms with Gasteiger partial charge in [-0.3, -0.25) is 4.79 Å². The molecule has 1 aliphatic heterocycles. The lowest BCUT2D eigenvalue weighted by Crippen LogP contribution is -2.34. The van der Waals surface area contributed by atoms with Crippen LogP contribution in [0.2, 0.25) is 0 Å². The molecule has 1 aliphatic carbocycles. The average molecular weight is 243 g/mol. The van der Waals surface area contributed by atoms with Crippen molar-refractivity contribution in [1.29, 1.82) is 0 Å². The lowest BCUT2D eigenvalue weighted by molar-refractivity contribution is -0.137. The fourth-order valence-corrected chi connectivity index (χ4v) is 3.71. The van der Waals surface area contributed by atoms with Crippen molar-refractivity contribution >= 4 is 5.91 Å². The van der Waals surface area contributed by atoms with Crippen LogP contribution in [0.5, 0.6) is 0 Å². The first-order valence-electron chi connectivity index (χ1n) is 6.99. The minimum absolute atomic E-state index is 0.0664. The van der Waals surface area contributed by atoms with Gasteiger partial charge in [-0.2, -0.15) is 0 Å². The summed E-state index contributed by atoms with van der Waals surface area (Å²) in [6.45, 7) is 5.27. The molecule has 2 heteroatoms. The number of hydrogen-bond acceptors (Lipinski definition) is 1. The summed E-state index contributed by atoms with van der Waals surface area (Å²) in [6, 6.07) is 10.6. The molecule has 0 N–H and O–H groups in total. The summed E-state index contributed by atoms with van der Waals surface area (Å²) >= 11 is 0. The Kier molecular flexibility index (Phi) is 2.69. The molecule has 18 heavy (non-hydrogen) atoms. The van der Waals surface area contributed by atoms with Gasteiger partial charge in [0, 0.05) is 6.54 Å². The molecule has 2 fully saturated rings. The van der Waals surface area contributed by atoms with Crippen LogP contribution in [0.4, 0.5) is 0 Å². The molecule has 2 aliphatic rings. The van der Waals surface area contributed by atoms with Gasteiger partial charge in [0.2, 0.25) is 5.91 Å². The van der Waals surface area contributed by atoms with Crippen LogP contribution >= 0.6 is 0 Å². The van der Waals surface area contributed by atoms with E-state index in [0.717, 1.165) is 13.0 Å². The van der Waals surface area contributed by atoms with Crippen molar-refractivity contribution < 1.29 is 4.79 Å². The fraction of sp³-hybridized carbons (Fsp3) is 0.562. The smallest absolute Gasteiger partial charge is 0.229 e. The van der Waals surface area contributed by atoms with E-state index in [1.807, 2.05) is 6.07 Å². The Morgan fingerprint density at radius 1 is 1.33 bits per heavy atom. The summed E-state index contributed by atoms with van der Waals surface area (Å²) in [6.07, 6.45) is 3.52. The van der Waals surface area contributed by atoms with E-state index in [2.05, 4.69) is 43.0 Å². The highest BCUT2D eigenvalue weighted by molar-refractivity contribution is 5.85. The number of fused-ring (bicyclic) bond motifs is 1. The van der Waals surface area contributed by atoms with Gasteiger partial charge in [0.1, 0.15) is 0 Å². The van der Waals surface area contributed by atoms with Crippen LogP contribution in [0.25, 0.3) is 0 Å². The Hall–Kier alpha value is -1.31. The molecule has 2 nitrogen and oxygen atoms in total. The molecular formula is C16H21NO. The van der Waals surface area contributed by atoms with E-state index in [1.165, 1.54) is 18.4 Å². The maximum Gasteiger partial charge on any atom is 0.229 e. The van der Waals surface area contributed by atoms with Gasteiger partial charge < -0.3 is 4.90 Å². The van der Waals surface area contributed by atoms with Crippen molar-refractivity contribution in [3.63, 3.8) is 0 Å². The summed E-state index contributed by atoms with van der Waals surface area (Å²) in [5.74, 6) is 0.956. The summed E-state index contributed by atoms with van der Waals surface area (Å²) in [4.78, 5) is 14.7. The molecule has 1 aromatic carbocycles. The molecule has 1 aromatic rings.